The maximum atomic E-state index is 11.9. The summed E-state index contributed by atoms with van der Waals surface area (Å²) in [6.07, 6.45) is 0.268. The van der Waals surface area contributed by atoms with Gasteiger partial charge >= 0.3 is 6.09 Å². The van der Waals surface area contributed by atoms with Gasteiger partial charge in [-0.3, -0.25) is 4.90 Å². The largest absolute Gasteiger partial charge is 0.444 e. The van der Waals surface area contributed by atoms with Crippen LogP contribution in [-0.2, 0) is 9.53 Å². The third-order valence-corrected chi connectivity index (χ3v) is 3.32. The van der Waals surface area contributed by atoms with Crippen molar-refractivity contribution < 1.29 is 14.3 Å². The van der Waals surface area contributed by atoms with Gasteiger partial charge in [0.1, 0.15) is 17.9 Å². The van der Waals surface area contributed by atoms with Crippen LogP contribution in [0, 0.1) is 6.92 Å². The molecule has 1 atom stereocenters. The molecule has 0 spiro atoms. The summed E-state index contributed by atoms with van der Waals surface area (Å²) in [5, 5.41) is 3.84. The number of carbonyl (C=O) groups excluding carboxylic acids is 2. The Labute approximate surface area is 112 Å². The van der Waals surface area contributed by atoms with Gasteiger partial charge in [0.2, 0.25) is 0 Å². The van der Waals surface area contributed by atoms with Gasteiger partial charge in [0.05, 0.1) is 0 Å². The second kappa shape index (κ2) is 5.52. The molecule has 1 heterocycles. The monoisotopic (exact) mass is 269 g/mol. The number of ether oxygens (including phenoxy) is 1. The summed E-state index contributed by atoms with van der Waals surface area (Å²) < 4.78 is 5.25. The Balaban J connectivity index is 2.87. The minimum absolute atomic E-state index is 0.495. The summed E-state index contributed by atoms with van der Waals surface area (Å²) in [4.78, 5) is 24.5. The quantitative estimate of drug-likeness (QED) is 0.792. The van der Waals surface area contributed by atoms with Crippen molar-refractivity contribution in [2.45, 2.75) is 39.3 Å². The molecule has 4 nitrogen and oxygen atoms in total. The standard InChI is InChI=1S/C13H19NO3S/c1-9-7-18-8-10(9)11(6-15)14(5)12(16)17-13(2,3)4/h6-8,11H,1-5H3. The van der Waals surface area contributed by atoms with Gasteiger partial charge < -0.3 is 9.53 Å². The number of aldehydes is 1. The van der Waals surface area contributed by atoms with Gasteiger partial charge in [0, 0.05) is 7.05 Å². The molecule has 1 amide bonds. The predicted octanol–water partition coefficient (Wildman–Crippen LogP) is 3.16. The molecule has 0 aliphatic heterocycles. The van der Waals surface area contributed by atoms with Crippen molar-refractivity contribution in [3.63, 3.8) is 0 Å². The van der Waals surface area contributed by atoms with Crippen LogP contribution in [0.25, 0.3) is 0 Å². The van der Waals surface area contributed by atoms with Crippen LogP contribution in [0.4, 0.5) is 4.79 Å². The van der Waals surface area contributed by atoms with Crippen LogP contribution in [0.3, 0.4) is 0 Å². The molecule has 0 N–H and O–H groups in total. The normalized spacial score (nSPS) is 12.9. The summed E-state index contributed by atoms with van der Waals surface area (Å²) in [7, 11) is 1.57. The fourth-order valence-electron chi connectivity index (χ4n) is 1.49. The van der Waals surface area contributed by atoms with Crippen molar-refractivity contribution in [2.75, 3.05) is 7.05 Å². The molecule has 0 bridgehead atoms. The van der Waals surface area contributed by atoms with E-state index in [1.165, 1.54) is 16.2 Å². The van der Waals surface area contributed by atoms with Crippen LogP contribution in [-0.4, -0.2) is 29.9 Å². The van der Waals surface area contributed by atoms with Gasteiger partial charge in [0.25, 0.3) is 0 Å². The van der Waals surface area contributed by atoms with Crippen LogP contribution in [0.1, 0.15) is 37.9 Å². The van der Waals surface area contributed by atoms with E-state index in [-0.39, 0.29) is 0 Å². The zero-order chi connectivity index (χ0) is 13.9. The molecule has 0 fully saturated rings. The number of rotatable bonds is 3. The number of hydrogen-bond acceptors (Lipinski definition) is 4. The van der Waals surface area contributed by atoms with Crippen molar-refractivity contribution >= 4 is 23.7 Å². The molecule has 0 aliphatic rings. The van der Waals surface area contributed by atoms with E-state index in [4.69, 9.17) is 4.74 Å². The van der Waals surface area contributed by atoms with Crippen LogP contribution >= 0.6 is 11.3 Å². The summed E-state index contributed by atoms with van der Waals surface area (Å²) in [5.41, 5.74) is 1.29. The third kappa shape index (κ3) is 3.57. The maximum absolute atomic E-state index is 11.9. The minimum Gasteiger partial charge on any atom is -0.444 e. The van der Waals surface area contributed by atoms with Crippen LogP contribution < -0.4 is 0 Å². The molecule has 100 valence electrons. The van der Waals surface area contributed by atoms with Gasteiger partial charge in [-0.15, -0.1) is 0 Å². The fourth-order valence-corrected chi connectivity index (χ4v) is 2.37. The molecule has 18 heavy (non-hydrogen) atoms. The average molecular weight is 269 g/mol. The number of amides is 1. The lowest BCUT2D eigenvalue weighted by Crippen LogP contribution is -2.37. The molecule has 1 rings (SSSR count). The van der Waals surface area contributed by atoms with E-state index < -0.39 is 17.7 Å². The van der Waals surface area contributed by atoms with Crippen molar-refractivity contribution in [3.05, 3.63) is 21.9 Å². The molecule has 5 heteroatoms. The van der Waals surface area contributed by atoms with E-state index in [1.807, 2.05) is 17.7 Å². The zero-order valence-corrected chi connectivity index (χ0v) is 12.2. The molecule has 0 aliphatic carbocycles. The predicted molar refractivity (Wildman–Crippen MR) is 71.9 cm³/mol. The lowest BCUT2D eigenvalue weighted by atomic mass is 10.1. The lowest BCUT2D eigenvalue weighted by molar-refractivity contribution is -0.112. The first-order valence-electron chi connectivity index (χ1n) is 5.70. The molecular formula is C13H19NO3S. The molecule has 1 aromatic rings. The average Bonchev–Trinajstić information content (AvgIpc) is 2.63. The van der Waals surface area contributed by atoms with Crippen LogP contribution in [0.5, 0.6) is 0 Å². The highest BCUT2D eigenvalue weighted by Crippen LogP contribution is 2.25. The first-order chi connectivity index (χ1) is 8.26. The van der Waals surface area contributed by atoms with Crippen LogP contribution in [0.2, 0.25) is 0 Å². The third-order valence-electron chi connectivity index (χ3n) is 2.44. The Hall–Kier alpha value is -1.36. The number of aryl methyl sites for hydroxylation is 1. The number of carbonyl (C=O) groups is 2. The Morgan fingerprint density at radius 1 is 1.44 bits per heavy atom. The number of hydrogen-bond donors (Lipinski definition) is 0. The number of thiophene rings is 1. The Kier molecular flexibility index (Phi) is 4.51. The van der Waals surface area contributed by atoms with E-state index >= 15 is 0 Å². The van der Waals surface area contributed by atoms with Crippen molar-refractivity contribution in [2.24, 2.45) is 0 Å². The van der Waals surface area contributed by atoms with E-state index in [9.17, 15) is 9.59 Å². The first kappa shape index (κ1) is 14.7. The molecular weight excluding hydrogens is 250 g/mol. The Morgan fingerprint density at radius 3 is 2.44 bits per heavy atom. The highest BCUT2D eigenvalue weighted by atomic mass is 32.1. The number of nitrogens with zero attached hydrogens (tertiary/aromatic N) is 1. The molecule has 1 unspecified atom stereocenters. The maximum Gasteiger partial charge on any atom is 0.410 e. The van der Waals surface area contributed by atoms with Crippen molar-refractivity contribution in [1.82, 2.24) is 4.90 Å². The Morgan fingerprint density at radius 2 is 2.06 bits per heavy atom. The summed E-state index contributed by atoms with van der Waals surface area (Å²) >= 11 is 1.51. The van der Waals surface area contributed by atoms with Gasteiger partial charge in [-0.05, 0) is 49.6 Å². The molecule has 0 saturated heterocycles. The smallest absolute Gasteiger partial charge is 0.410 e. The highest BCUT2D eigenvalue weighted by Gasteiger charge is 2.27. The van der Waals surface area contributed by atoms with Crippen LogP contribution in [0.15, 0.2) is 10.8 Å². The highest BCUT2D eigenvalue weighted by molar-refractivity contribution is 7.08. The van der Waals surface area contributed by atoms with E-state index in [0.717, 1.165) is 17.4 Å². The zero-order valence-electron chi connectivity index (χ0n) is 11.4. The van der Waals surface area contributed by atoms with Crippen molar-refractivity contribution in [1.29, 1.82) is 0 Å². The molecule has 0 aromatic carbocycles. The molecule has 0 radical (unpaired) electrons. The summed E-state index contributed by atoms with van der Waals surface area (Å²) in [5.74, 6) is 0. The second-order valence-electron chi connectivity index (χ2n) is 5.18. The van der Waals surface area contributed by atoms with Gasteiger partial charge in [-0.2, -0.15) is 11.3 Å². The minimum atomic E-state index is -0.592. The molecule has 1 aromatic heterocycles. The second-order valence-corrected chi connectivity index (χ2v) is 5.93. The lowest BCUT2D eigenvalue weighted by Gasteiger charge is -2.28. The first-order valence-corrected chi connectivity index (χ1v) is 6.64. The van der Waals surface area contributed by atoms with E-state index in [0.29, 0.717) is 0 Å². The van der Waals surface area contributed by atoms with Gasteiger partial charge in [-0.25, -0.2) is 4.79 Å². The van der Waals surface area contributed by atoms with E-state index in [2.05, 4.69) is 0 Å². The van der Waals surface area contributed by atoms with Crippen molar-refractivity contribution in [3.8, 4) is 0 Å². The fraction of sp³-hybridized carbons (Fsp3) is 0.538. The topological polar surface area (TPSA) is 46.6 Å². The summed E-state index contributed by atoms with van der Waals surface area (Å²) in [6, 6.07) is -0.592. The molecule has 0 saturated carbocycles. The summed E-state index contributed by atoms with van der Waals surface area (Å²) in [6.45, 7) is 7.31. The SMILES string of the molecule is Cc1cscc1C(C=O)N(C)C(=O)OC(C)(C)C. The Bertz CT molecular complexity index is 434. The number of likely N-dealkylation sites (N-methyl/N-ethyl adjacent to an activating group) is 1. The van der Waals surface area contributed by atoms with Gasteiger partial charge in [-0.1, -0.05) is 0 Å². The van der Waals surface area contributed by atoms with Gasteiger partial charge in [0.15, 0.2) is 0 Å². The van der Waals surface area contributed by atoms with E-state index in [1.54, 1.807) is 27.8 Å².